The first-order valence-electron chi connectivity index (χ1n) is 10.6. The number of aromatic hydroxyl groups is 1. The fourth-order valence-corrected chi connectivity index (χ4v) is 5.35. The molecule has 6 heteroatoms. The molecule has 0 saturated carbocycles. The number of aryl methyl sites for hydroxylation is 2. The predicted octanol–water partition coefficient (Wildman–Crippen LogP) is 3.84. The largest absolute Gasteiger partial charge is 0.507 e. The van der Waals surface area contributed by atoms with Crippen LogP contribution in [0.5, 0.6) is 5.75 Å². The van der Waals surface area contributed by atoms with E-state index in [1.807, 2.05) is 19.2 Å². The van der Waals surface area contributed by atoms with Gasteiger partial charge >= 0.3 is 0 Å². The summed E-state index contributed by atoms with van der Waals surface area (Å²) in [6.07, 6.45) is 7.00. The van der Waals surface area contributed by atoms with Crippen molar-refractivity contribution in [3.8, 4) is 16.3 Å². The first kappa shape index (κ1) is 20.1. The van der Waals surface area contributed by atoms with Crippen LogP contribution in [0.2, 0.25) is 0 Å². The third-order valence-electron chi connectivity index (χ3n) is 6.22. The van der Waals surface area contributed by atoms with Gasteiger partial charge in [-0.3, -0.25) is 4.79 Å². The van der Waals surface area contributed by atoms with Gasteiger partial charge in [0, 0.05) is 11.1 Å². The van der Waals surface area contributed by atoms with Crippen LogP contribution in [0.15, 0.2) is 26.9 Å². The molecule has 3 aromatic rings. The Hall–Kier alpha value is -2.18. The number of aromatic nitrogens is 1. The first-order chi connectivity index (χ1) is 14.0. The van der Waals surface area contributed by atoms with E-state index in [1.54, 1.807) is 6.07 Å². The molecule has 0 bridgehead atoms. The zero-order valence-electron chi connectivity index (χ0n) is 17.4. The Kier molecular flexibility index (Phi) is 5.74. The van der Waals surface area contributed by atoms with Gasteiger partial charge in [0.2, 0.25) is 5.43 Å². The van der Waals surface area contributed by atoms with E-state index < -0.39 is 0 Å². The predicted molar refractivity (Wildman–Crippen MR) is 117 cm³/mol. The molecule has 2 atom stereocenters. The van der Waals surface area contributed by atoms with Gasteiger partial charge in [-0.2, -0.15) is 0 Å². The summed E-state index contributed by atoms with van der Waals surface area (Å²) in [5.41, 5.74) is 3.41. The Bertz CT molecular complexity index is 1090. The molecule has 3 heterocycles. The minimum atomic E-state index is -0.0720. The van der Waals surface area contributed by atoms with Crippen LogP contribution < -0.4 is 10.3 Å². The molecule has 1 aliphatic rings. The highest BCUT2D eigenvalue weighted by atomic mass is 32.1. The van der Waals surface area contributed by atoms with E-state index in [-0.39, 0.29) is 11.2 Å². The zero-order valence-corrected chi connectivity index (χ0v) is 18.2. The van der Waals surface area contributed by atoms with Crippen LogP contribution in [0.4, 0.5) is 0 Å². The van der Waals surface area contributed by atoms with Crippen molar-refractivity contribution in [2.45, 2.75) is 65.5 Å². The van der Waals surface area contributed by atoms with Crippen molar-refractivity contribution >= 4 is 22.3 Å². The van der Waals surface area contributed by atoms with E-state index in [4.69, 9.17) is 4.42 Å². The quantitative estimate of drug-likeness (QED) is 0.667. The third-order valence-corrected chi connectivity index (χ3v) is 7.21. The summed E-state index contributed by atoms with van der Waals surface area (Å²) in [5, 5.41) is 14.1. The lowest BCUT2D eigenvalue weighted by Crippen LogP contribution is -3.15. The number of likely N-dealkylation sites (tertiary alicyclic amines) is 1. The van der Waals surface area contributed by atoms with Gasteiger partial charge in [-0.15, -0.1) is 11.3 Å². The highest BCUT2D eigenvalue weighted by molar-refractivity contribution is 7.13. The average molecular weight is 414 g/mol. The summed E-state index contributed by atoms with van der Waals surface area (Å²) in [6, 6.07) is 2.39. The van der Waals surface area contributed by atoms with Crippen LogP contribution in [0.25, 0.3) is 21.5 Å². The molecule has 1 saturated heterocycles. The van der Waals surface area contributed by atoms with Gasteiger partial charge in [-0.1, -0.05) is 13.8 Å². The highest BCUT2D eigenvalue weighted by Gasteiger charge is 2.28. The molecule has 2 N–H and O–H groups in total. The SMILES string of the molecule is CCc1cc2c(=O)c(-c3nc(C)cs3)coc2c(C[NH+]2CCCC[C@H]2CC)c1O. The number of hydrogen-bond donors (Lipinski definition) is 2. The van der Waals surface area contributed by atoms with Gasteiger partial charge in [0.15, 0.2) is 0 Å². The maximum Gasteiger partial charge on any atom is 0.202 e. The average Bonchev–Trinajstić information content (AvgIpc) is 3.16. The third kappa shape index (κ3) is 3.71. The maximum absolute atomic E-state index is 13.3. The standard InChI is InChI=1S/C23H28N2O3S/c1-4-15-10-17-21(27)19(23-24-14(3)13-29-23)12-28-22(17)18(20(15)26)11-25-9-7-6-8-16(25)5-2/h10,12-13,16,26H,4-9,11H2,1-3H3/p+1/t16-/m1/s1. The molecule has 2 aromatic heterocycles. The van der Waals surface area contributed by atoms with Crippen LogP contribution in [0, 0.1) is 6.92 Å². The number of rotatable bonds is 5. The van der Waals surface area contributed by atoms with E-state index >= 15 is 0 Å². The van der Waals surface area contributed by atoms with E-state index in [2.05, 4.69) is 11.9 Å². The molecule has 29 heavy (non-hydrogen) atoms. The van der Waals surface area contributed by atoms with Crippen molar-refractivity contribution in [3.05, 3.63) is 44.8 Å². The number of quaternary nitrogens is 1. The van der Waals surface area contributed by atoms with Gasteiger partial charge in [-0.05, 0) is 50.7 Å². The number of benzene rings is 1. The number of nitrogens with zero attached hydrogens (tertiary/aromatic N) is 1. The number of phenolic OH excluding ortho intramolecular Hbond substituents is 1. The van der Waals surface area contributed by atoms with E-state index in [0.29, 0.717) is 40.5 Å². The van der Waals surface area contributed by atoms with Gasteiger partial charge in [0.25, 0.3) is 0 Å². The summed E-state index contributed by atoms with van der Waals surface area (Å²) < 4.78 is 6.00. The highest BCUT2D eigenvalue weighted by Crippen LogP contribution is 2.32. The Morgan fingerprint density at radius 2 is 2.17 bits per heavy atom. The number of piperidine rings is 1. The molecule has 0 amide bonds. The molecule has 4 rings (SSSR count). The lowest BCUT2D eigenvalue weighted by atomic mass is 9.97. The second kappa shape index (κ2) is 8.28. The Morgan fingerprint density at radius 1 is 1.34 bits per heavy atom. The maximum atomic E-state index is 13.3. The van der Waals surface area contributed by atoms with Gasteiger partial charge in [0.05, 0.1) is 29.1 Å². The molecular weight excluding hydrogens is 384 g/mol. The minimum absolute atomic E-state index is 0.0720. The lowest BCUT2D eigenvalue weighted by Gasteiger charge is -2.32. The molecule has 0 aliphatic carbocycles. The number of fused-ring (bicyclic) bond motifs is 1. The van der Waals surface area contributed by atoms with Gasteiger partial charge in [0.1, 0.15) is 29.1 Å². The summed E-state index contributed by atoms with van der Waals surface area (Å²) >= 11 is 1.45. The molecule has 1 aliphatic heterocycles. The Morgan fingerprint density at radius 3 is 2.86 bits per heavy atom. The molecule has 154 valence electrons. The normalized spacial score (nSPS) is 19.7. The molecule has 5 nitrogen and oxygen atoms in total. The summed E-state index contributed by atoms with van der Waals surface area (Å²) in [5.74, 6) is 0.286. The van der Waals surface area contributed by atoms with E-state index in [1.165, 1.54) is 41.8 Å². The summed E-state index contributed by atoms with van der Waals surface area (Å²) in [7, 11) is 0. The number of phenols is 1. The van der Waals surface area contributed by atoms with Crippen molar-refractivity contribution in [1.82, 2.24) is 4.98 Å². The van der Waals surface area contributed by atoms with Crippen LogP contribution in [0.1, 0.15) is 56.4 Å². The van der Waals surface area contributed by atoms with E-state index in [0.717, 1.165) is 29.8 Å². The molecule has 1 fully saturated rings. The van der Waals surface area contributed by atoms with Crippen LogP contribution in [-0.2, 0) is 13.0 Å². The topological polar surface area (TPSA) is 67.8 Å². The smallest absolute Gasteiger partial charge is 0.202 e. The fraction of sp³-hybridized carbons (Fsp3) is 0.478. The van der Waals surface area contributed by atoms with Crippen molar-refractivity contribution in [3.63, 3.8) is 0 Å². The molecule has 0 spiro atoms. The first-order valence-corrected chi connectivity index (χ1v) is 11.5. The van der Waals surface area contributed by atoms with Crippen molar-refractivity contribution in [2.24, 2.45) is 0 Å². The van der Waals surface area contributed by atoms with Crippen molar-refractivity contribution in [2.75, 3.05) is 6.54 Å². The number of nitrogens with one attached hydrogen (secondary N) is 1. The second-order valence-corrected chi connectivity index (χ2v) is 8.91. The molecule has 1 aromatic carbocycles. The molecule has 0 radical (unpaired) electrons. The Balaban J connectivity index is 1.86. The molecular formula is C23H29N2O3S+. The van der Waals surface area contributed by atoms with Crippen molar-refractivity contribution < 1.29 is 14.4 Å². The monoisotopic (exact) mass is 413 g/mol. The van der Waals surface area contributed by atoms with E-state index in [9.17, 15) is 9.90 Å². The van der Waals surface area contributed by atoms with Crippen LogP contribution in [0.3, 0.4) is 0 Å². The number of hydrogen-bond acceptors (Lipinski definition) is 5. The number of thiazole rings is 1. The Labute approximate surface area is 175 Å². The van der Waals surface area contributed by atoms with Crippen molar-refractivity contribution in [1.29, 1.82) is 0 Å². The van der Waals surface area contributed by atoms with Crippen LogP contribution >= 0.6 is 11.3 Å². The lowest BCUT2D eigenvalue weighted by molar-refractivity contribution is -0.944. The van der Waals surface area contributed by atoms with Crippen LogP contribution in [-0.4, -0.2) is 22.7 Å². The fourth-order valence-electron chi connectivity index (χ4n) is 4.55. The van der Waals surface area contributed by atoms with Gasteiger partial charge in [-0.25, -0.2) is 4.98 Å². The molecule has 1 unspecified atom stereocenters. The minimum Gasteiger partial charge on any atom is -0.507 e. The summed E-state index contributed by atoms with van der Waals surface area (Å²) in [4.78, 5) is 19.2. The zero-order chi connectivity index (χ0) is 20.5. The summed E-state index contributed by atoms with van der Waals surface area (Å²) in [6.45, 7) is 7.94. The van der Waals surface area contributed by atoms with Gasteiger partial charge < -0.3 is 14.4 Å². The second-order valence-electron chi connectivity index (χ2n) is 8.05.